The Bertz CT molecular complexity index is 1600. The van der Waals surface area contributed by atoms with Gasteiger partial charge in [-0.15, -0.1) is 11.3 Å². The van der Waals surface area contributed by atoms with E-state index in [0.29, 0.717) is 5.56 Å². The maximum absolute atomic E-state index is 13.6. The van der Waals surface area contributed by atoms with Crippen LogP contribution in [-0.2, 0) is 18.4 Å². The number of carbonyl (C=O) groups excluding carboxylic acids is 1. The number of pyridine rings is 2. The summed E-state index contributed by atoms with van der Waals surface area (Å²) in [7, 11) is 0. The van der Waals surface area contributed by atoms with Crippen molar-refractivity contribution in [3.63, 3.8) is 0 Å². The Morgan fingerprint density at radius 3 is 2.78 bits per heavy atom. The topological polar surface area (TPSA) is 64.8 Å². The highest BCUT2D eigenvalue weighted by atomic mass is 32.1. The van der Waals surface area contributed by atoms with Crippen LogP contribution >= 0.6 is 11.3 Å². The van der Waals surface area contributed by atoms with Crippen molar-refractivity contribution in [3.8, 4) is 0 Å². The molecule has 2 aliphatic rings. The molecule has 0 aliphatic heterocycles. The third-order valence-corrected chi connectivity index (χ3v) is 8.01. The van der Waals surface area contributed by atoms with Crippen molar-refractivity contribution in [2.24, 2.45) is 0 Å². The number of nitrogens with zero attached hydrogens (tertiary/aromatic N) is 3. The molecule has 0 saturated heterocycles. The lowest BCUT2D eigenvalue weighted by Gasteiger charge is -2.12. The minimum Gasteiger partial charge on any atom is -0.310 e. The molecule has 0 N–H and O–H groups in total. The number of carbonyl (C=O) groups is 1. The van der Waals surface area contributed by atoms with Crippen molar-refractivity contribution in [2.45, 2.75) is 37.6 Å². The summed E-state index contributed by atoms with van der Waals surface area (Å²) in [6, 6.07) is 10.6. The molecule has 3 heterocycles. The zero-order chi connectivity index (χ0) is 24.9. The quantitative estimate of drug-likeness (QED) is 0.322. The molecule has 0 amide bonds. The largest absolute Gasteiger partial charge is 0.310 e. The molecule has 0 unspecified atom stereocenters. The van der Waals surface area contributed by atoms with Crippen LogP contribution in [0.25, 0.3) is 5.57 Å². The van der Waals surface area contributed by atoms with Crippen LogP contribution in [0.4, 0.5) is 8.78 Å². The lowest BCUT2D eigenvalue weighted by Crippen LogP contribution is -2.27. The fraction of sp³-hybridized carbons (Fsp3) is 0.214. The molecule has 180 valence electrons. The predicted octanol–water partition coefficient (Wildman–Crippen LogP) is 5.32. The summed E-state index contributed by atoms with van der Waals surface area (Å²) < 4.78 is 28.2. The lowest BCUT2D eigenvalue weighted by atomic mass is 9.96. The summed E-state index contributed by atoms with van der Waals surface area (Å²) in [5.41, 5.74) is 3.87. The standard InChI is InChI=1S/C28H21F2N3O2S/c29-21-7-5-17(13-22(21)30)15-33-12-2-4-20(26(33)35)25(34)14-28(9-10-28)27-32-24(16-36-27)19-6-8-23-18(19)3-1-11-31-23/h1-7,11-13,16H,8-10,14-15H2. The van der Waals surface area contributed by atoms with E-state index in [2.05, 4.69) is 17.1 Å². The number of rotatable bonds is 7. The highest BCUT2D eigenvalue weighted by Crippen LogP contribution is 2.53. The molecular formula is C28H21F2N3O2S. The monoisotopic (exact) mass is 501 g/mol. The Labute approximate surface area is 209 Å². The first-order chi connectivity index (χ1) is 17.4. The first-order valence-corrected chi connectivity index (χ1v) is 12.6. The number of fused-ring (bicyclic) bond motifs is 1. The van der Waals surface area contributed by atoms with E-state index in [9.17, 15) is 18.4 Å². The number of aromatic nitrogens is 3. The van der Waals surface area contributed by atoms with Crippen LogP contribution in [0.2, 0.25) is 0 Å². The summed E-state index contributed by atoms with van der Waals surface area (Å²) in [5.74, 6) is -2.15. The van der Waals surface area contributed by atoms with E-state index in [1.165, 1.54) is 16.7 Å². The zero-order valence-corrected chi connectivity index (χ0v) is 20.0. The molecule has 5 nitrogen and oxygen atoms in total. The van der Waals surface area contributed by atoms with Crippen molar-refractivity contribution in [3.05, 3.63) is 121 Å². The Balaban J connectivity index is 1.22. The molecule has 1 saturated carbocycles. The van der Waals surface area contributed by atoms with Gasteiger partial charge in [-0.1, -0.05) is 18.2 Å². The van der Waals surface area contributed by atoms with Gasteiger partial charge in [-0.3, -0.25) is 14.6 Å². The molecule has 1 fully saturated rings. The maximum Gasteiger partial charge on any atom is 0.261 e. The Kier molecular flexibility index (Phi) is 5.48. The first kappa shape index (κ1) is 22.7. The van der Waals surface area contributed by atoms with E-state index in [4.69, 9.17) is 4.98 Å². The summed E-state index contributed by atoms with van der Waals surface area (Å²) in [5, 5.41) is 2.95. The number of benzene rings is 1. The molecule has 0 bridgehead atoms. The van der Waals surface area contributed by atoms with Gasteiger partial charge in [0.1, 0.15) is 0 Å². The van der Waals surface area contributed by atoms with Crippen molar-refractivity contribution < 1.29 is 13.6 Å². The van der Waals surface area contributed by atoms with Gasteiger partial charge in [0, 0.05) is 47.2 Å². The molecule has 0 radical (unpaired) electrons. The van der Waals surface area contributed by atoms with Crippen molar-refractivity contribution in [2.75, 3.05) is 0 Å². The van der Waals surface area contributed by atoms with Gasteiger partial charge in [-0.25, -0.2) is 13.8 Å². The van der Waals surface area contributed by atoms with E-state index < -0.39 is 17.2 Å². The second kappa shape index (κ2) is 8.71. The molecule has 4 aromatic rings. The fourth-order valence-corrected chi connectivity index (χ4v) is 5.85. The van der Waals surface area contributed by atoms with Crippen LogP contribution in [0.5, 0.6) is 0 Å². The maximum atomic E-state index is 13.6. The van der Waals surface area contributed by atoms with Gasteiger partial charge in [0.15, 0.2) is 17.4 Å². The average molecular weight is 502 g/mol. The van der Waals surface area contributed by atoms with E-state index in [1.54, 1.807) is 29.8 Å². The molecule has 2 aliphatic carbocycles. The molecule has 3 aromatic heterocycles. The van der Waals surface area contributed by atoms with E-state index >= 15 is 0 Å². The van der Waals surface area contributed by atoms with Crippen molar-refractivity contribution in [1.82, 2.24) is 14.5 Å². The van der Waals surface area contributed by atoms with Gasteiger partial charge in [0.05, 0.1) is 28.5 Å². The minimum atomic E-state index is -0.973. The van der Waals surface area contributed by atoms with Crippen LogP contribution in [0, 0.1) is 11.6 Å². The van der Waals surface area contributed by atoms with Gasteiger partial charge in [-0.05, 0) is 48.7 Å². The van der Waals surface area contributed by atoms with Gasteiger partial charge in [0.25, 0.3) is 5.56 Å². The summed E-state index contributed by atoms with van der Waals surface area (Å²) >= 11 is 1.56. The van der Waals surface area contributed by atoms with Crippen molar-refractivity contribution >= 4 is 22.7 Å². The van der Waals surface area contributed by atoms with Gasteiger partial charge < -0.3 is 4.57 Å². The minimum absolute atomic E-state index is 0.0452. The molecular weight excluding hydrogens is 480 g/mol. The average Bonchev–Trinajstić information content (AvgIpc) is 3.28. The molecule has 1 aromatic carbocycles. The summed E-state index contributed by atoms with van der Waals surface area (Å²) in [4.78, 5) is 35.7. The summed E-state index contributed by atoms with van der Waals surface area (Å²) in [6.45, 7) is 0.0452. The number of hydrogen-bond donors (Lipinski definition) is 0. The number of thiazole rings is 1. The number of ketones is 1. The summed E-state index contributed by atoms with van der Waals surface area (Å²) in [6.07, 6.45) is 8.16. The first-order valence-electron chi connectivity index (χ1n) is 11.7. The smallest absolute Gasteiger partial charge is 0.261 e. The van der Waals surface area contributed by atoms with Gasteiger partial charge >= 0.3 is 0 Å². The normalized spacial score (nSPS) is 15.4. The third-order valence-electron chi connectivity index (χ3n) is 6.92. The third kappa shape index (κ3) is 4.01. The Morgan fingerprint density at radius 2 is 1.97 bits per heavy atom. The second-order valence-electron chi connectivity index (χ2n) is 9.34. The van der Waals surface area contributed by atoms with Gasteiger partial charge in [-0.2, -0.15) is 0 Å². The molecule has 0 atom stereocenters. The zero-order valence-electron chi connectivity index (χ0n) is 19.2. The van der Waals surface area contributed by atoms with Crippen LogP contribution in [-0.4, -0.2) is 20.3 Å². The van der Waals surface area contributed by atoms with Crippen LogP contribution in [0.3, 0.4) is 0 Å². The second-order valence-corrected chi connectivity index (χ2v) is 10.2. The number of halogens is 2. The number of hydrogen-bond acceptors (Lipinski definition) is 5. The van der Waals surface area contributed by atoms with E-state index in [1.807, 2.05) is 11.4 Å². The predicted molar refractivity (Wildman–Crippen MR) is 133 cm³/mol. The number of Topliss-reactive ketones (excluding diaryl/α,β-unsaturated/α-hetero) is 1. The fourth-order valence-electron chi connectivity index (χ4n) is 4.77. The van der Waals surface area contributed by atoms with Crippen LogP contribution in [0.15, 0.2) is 71.1 Å². The van der Waals surface area contributed by atoms with E-state index in [0.717, 1.165) is 58.9 Å². The molecule has 36 heavy (non-hydrogen) atoms. The van der Waals surface area contributed by atoms with Crippen LogP contribution < -0.4 is 5.56 Å². The molecule has 6 rings (SSSR count). The van der Waals surface area contributed by atoms with Crippen molar-refractivity contribution in [1.29, 1.82) is 0 Å². The number of allylic oxidation sites excluding steroid dienone is 1. The van der Waals surface area contributed by atoms with E-state index in [-0.39, 0.29) is 29.7 Å². The molecule has 8 heteroatoms. The van der Waals surface area contributed by atoms with Crippen LogP contribution in [0.1, 0.15) is 57.1 Å². The van der Waals surface area contributed by atoms with Gasteiger partial charge in [0.2, 0.25) is 0 Å². The lowest BCUT2D eigenvalue weighted by molar-refractivity contribution is 0.0967. The molecule has 0 spiro atoms. The highest BCUT2D eigenvalue weighted by Gasteiger charge is 2.48. The SMILES string of the molecule is O=C(CC1(c2nc(C3=CCc4ncccc43)cs2)CC1)c1cccn(Cc2ccc(F)c(F)c2)c1=O. The Morgan fingerprint density at radius 1 is 1.11 bits per heavy atom. The Hall–Kier alpha value is -3.78. The highest BCUT2D eigenvalue weighted by molar-refractivity contribution is 7.10.